The van der Waals surface area contributed by atoms with E-state index in [0.717, 1.165) is 26.2 Å². The van der Waals surface area contributed by atoms with Crippen molar-refractivity contribution in [1.82, 2.24) is 19.9 Å². The molecule has 8 heteroatoms. The third-order valence-corrected chi connectivity index (χ3v) is 3.43. The summed E-state index contributed by atoms with van der Waals surface area (Å²) in [5.41, 5.74) is 2.49. The molecule has 21 heavy (non-hydrogen) atoms. The Labute approximate surface area is 127 Å². The maximum atomic E-state index is 5.43. The summed E-state index contributed by atoms with van der Waals surface area (Å²) in [4.78, 5) is 17.3. The van der Waals surface area contributed by atoms with E-state index in [4.69, 9.17) is 5.84 Å². The second-order valence-corrected chi connectivity index (χ2v) is 5.10. The molecule has 0 unspecified atom stereocenters. The van der Waals surface area contributed by atoms with Crippen LogP contribution in [-0.2, 0) is 0 Å². The molecular weight excluding hydrogens is 268 g/mol. The van der Waals surface area contributed by atoms with Crippen molar-refractivity contribution >= 4 is 17.8 Å². The highest BCUT2D eigenvalue weighted by molar-refractivity contribution is 5.43. The smallest absolute Gasteiger partial charge is 0.243 e. The van der Waals surface area contributed by atoms with Crippen molar-refractivity contribution in [2.24, 2.45) is 5.84 Å². The highest BCUT2D eigenvalue weighted by Gasteiger charge is 2.11. The zero-order chi connectivity index (χ0) is 15.8. The fraction of sp³-hybridized carbons (Fsp3) is 0.769. The van der Waals surface area contributed by atoms with Crippen molar-refractivity contribution in [3.63, 3.8) is 0 Å². The van der Waals surface area contributed by atoms with Gasteiger partial charge in [-0.3, -0.25) is 5.43 Å². The van der Waals surface area contributed by atoms with Crippen LogP contribution in [0.1, 0.15) is 27.7 Å². The Morgan fingerprint density at radius 1 is 1.10 bits per heavy atom. The topological polar surface area (TPSA) is 95.2 Å². The van der Waals surface area contributed by atoms with Gasteiger partial charge in [0.05, 0.1) is 0 Å². The van der Waals surface area contributed by atoms with Crippen molar-refractivity contribution in [2.75, 3.05) is 48.9 Å². The van der Waals surface area contributed by atoms with E-state index in [-0.39, 0.29) is 0 Å². The number of likely N-dealkylation sites (N-methyl/N-ethyl adjacent to an activating group) is 1. The Morgan fingerprint density at radius 2 is 1.71 bits per heavy atom. The number of nitrogens with two attached hydrogens (primary N) is 1. The number of nitrogen functional groups attached to an aromatic ring is 1. The summed E-state index contributed by atoms with van der Waals surface area (Å²) in [5, 5.41) is 3.22. The number of nitrogens with one attached hydrogen (secondary N) is 2. The summed E-state index contributed by atoms with van der Waals surface area (Å²) in [6, 6.07) is 0.512. The average molecular weight is 296 g/mol. The van der Waals surface area contributed by atoms with E-state index in [0.29, 0.717) is 23.9 Å². The third kappa shape index (κ3) is 5.31. The molecule has 0 atom stereocenters. The van der Waals surface area contributed by atoms with E-state index in [9.17, 15) is 0 Å². The molecule has 1 aromatic heterocycles. The maximum Gasteiger partial charge on any atom is 0.243 e. The van der Waals surface area contributed by atoms with Crippen molar-refractivity contribution < 1.29 is 0 Å². The van der Waals surface area contributed by atoms with E-state index in [1.165, 1.54) is 0 Å². The molecule has 1 heterocycles. The molecule has 0 saturated heterocycles. The van der Waals surface area contributed by atoms with Crippen molar-refractivity contribution in [3.05, 3.63) is 0 Å². The molecule has 0 aliphatic carbocycles. The van der Waals surface area contributed by atoms with Crippen LogP contribution in [0, 0.1) is 0 Å². The minimum absolute atomic E-state index is 0.367. The van der Waals surface area contributed by atoms with E-state index < -0.39 is 0 Å². The normalized spacial score (nSPS) is 11.0. The Hall–Kier alpha value is -1.67. The molecule has 4 N–H and O–H groups in total. The average Bonchev–Trinajstić information content (AvgIpc) is 2.48. The van der Waals surface area contributed by atoms with E-state index in [1.54, 1.807) is 0 Å². The van der Waals surface area contributed by atoms with Gasteiger partial charge in [0, 0.05) is 32.2 Å². The predicted octanol–water partition coefficient (Wildman–Crippen LogP) is 0.756. The molecular formula is C13H28N8. The van der Waals surface area contributed by atoms with Gasteiger partial charge in [-0.15, -0.1) is 0 Å². The largest absolute Gasteiger partial charge is 0.353 e. The Bertz CT molecular complexity index is 419. The molecule has 1 rings (SSSR count). The lowest BCUT2D eigenvalue weighted by molar-refractivity contribution is 0.284. The second-order valence-electron chi connectivity index (χ2n) is 5.10. The lowest BCUT2D eigenvalue weighted by Crippen LogP contribution is -2.31. The second kappa shape index (κ2) is 8.58. The number of hydrogen-bond donors (Lipinski definition) is 3. The summed E-state index contributed by atoms with van der Waals surface area (Å²) in [6.07, 6.45) is 0. The first-order valence-electron chi connectivity index (χ1n) is 7.43. The van der Waals surface area contributed by atoms with Crippen LogP contribution in [0.2, 0.25) is 0 Å². The molecule has 0 aliphatic rings. The summed E-state index contributed by atoms with van der Waals surface area (Å²) in [5.74, 6) is 6.96. The minimum Gasteiger partial charge on any atom is -0.353 e. The lowest BCUT2D eigenvalue weighted by atomic mass is 10.3. The minimum atomic E-state index is 0.367. The van der Waals surface area contributed by atoms with Gasteiger partial charge in [-0.25, -0.2) is 5.84 Å². The van der Waals surface area contributed by atoms with Crippen LogP contribution in [-0.4, -0.2) is 59.1 Å². The predicted molar refractivity (Wildman–Crippen MR) is 87.5 cm³/mol. The number of hydrazine groups is 1. The molecule has 1 aromatic rings. The van der Waals surface area contributed by atoms with Gasteiger partial charge in [-0.2, -0.15) is 15.0 Å². The Balaban J connectivity index is 2.75. The number of hydrogen-bond acceptors (Lipinski definition) is 8. The van der Waals surface area contributed by atoms with Crippen LogP contribution in [0.4, 0.5) is 17.8 Å². The van der Waals surface area contributed by atoms with Crippen LogP contribution < -0.4 is 21.5 Å². The Kier molecular flexibility index (Phi) is 7.10. The summed E-state index contributed by atoms with van der Waals surface area (Å²) in [7, 11) is 2.09. The van der Waals surface area contributed by atoms with Crippen molar-refractivity contribution in [2.45, 2.75) is 33.7 Å². The van der Waals surface area contributed by atoms with Crippen LogP contribution in [0.5, 0.6) is 0 Å². The molecule has 0 radical (unpaired) electrons. The molecule has 8 nitrogen and oxygen atoms in total. The van der Waals surface area contributed by atoms with Gasteiger partial charge in [0.25, 0.3) is 0 Å². The standard InChI is InChI=1S/C13H28N8/c1-6-21(7-2)13-17-11(16-12(18-13)19-14)15-8-9-20(5)10(3)4/h10H,6-9,14H2,1-5H3,(H2,15,16,17,18,19). The first kappa shape index (κ1) is 17.4. The molecule has 120 valence electrons. The van der Waals surface area contributed by atoms with Crippen LogP contribution in [0.15, 0.2) is 0 Å². The first-order valence-corrected chi connectivity index (χ1v) is 7.43. The third-order valence-electron chi connectivity index (χ3n) is 3.43. The SMILES string of the molecule is CCN(CC)c1nc(NN)nc(NCCN(C)C(C)C)n1. The van der Waals surface area contributed by atoms with Gasteiger partial charge >= 0.3 is 0 Å². The van der Waals surface area contributed by atoms with Gasteiger partial charge in [-0.1, -0.05) is 0 Å². The van der Waals surface area contributed by atoms with Crippen molar-refractivity contribution in [3.8, 4) is 0 Å². The molecule has 0 saturated carbocycles. The highest BCUT2D eigenvalue weighted by Crippen LogP contribution is 2.12. The fourth-order valence-electron chi connectivity index (χ4n) is 1.76. The molecule has 0 fully saturated rings. The summed E-state index contributed by atoms with van der Waals surface area (Å²) < 4.78 is 0. The van der Waals surface area contributed by atoms with Gasteiger partial charge in [0.2, 0.25) is 17.8 Å². The Morgan fingerprint density at radius 3 is 2.24 bits per heavy atom. The van der Waals surface area contributed by atoms with Gasteiger partial charge in [0.1, 0.15) is 0 Å². The monoisotopic (exact) mass is 296 g/mol. The number of aromatic nitrogens is 3. The van der Waals surface area contributed by atoms with Crippen LogP contribution >= 0.6 is 0 Å². The molecule has 0 aromatic carbocycles. The molecule has 0 aliphatic heterocycles. The first-order chi connectivity index (χ1) is 10.0. The van der Waals surface area contributed by atoms with Crippen molar-refractivity contribution in [1.29, 1.82) is 0 Å². The zero-order valence-corrected chi connectivity index (χ0v) is 13.7. The van der Waals surface area contributed by atoms with Gasteiger partial charge in [0.15, 0.2) is 0 Å². The van der Waals surface area contributed by atoms with E-state index >= 15 is 0 Å². The van der Waals surface area contributed by atoms with Crippen LogP contribution in [0.3, 0.4) is 0 Å². The summed E-state index contributed by atoms with van der Waals surface area (Å²) in [6.45, 7) is 11.8. The van der Waals surface area contributed by atoms with Gasteiger partial charge < -0.3 is 15.1 Å². The lowest BCUT2D eigenvalue weighted by Gasteiger charge is -2.22. The fourth-order valence-corrected chi connectivity index (χ4v) is 1.76. The van der Waals surface area contributed by atoms with E-state index in [1.807, 2.05) is 4.90 Å². The molecule has 0 bridgehead atoms. The van der Waals surface area contributed by atoms with E-state index in [2.05, 4.69) is 65.3 Å². The number of rotatable bonds is 9. The van der Waals surface area contributed by atoms with Crippen LogP contribution in [0.25, 0.3) is 0 Å². The van der Waals surface area contributed by atoms with Gasteiger partial charge in [-0.05, 0) is 34.7 Å². The summed E-state index contributed by atoms with van der Waals surface area (Å²) >= 11 is 0. The maximum absolute atomic E-state index is 5.43. The highest BCUT2D eigenvalue weighted by atomic mass is 15.4. The zero-order valence-electron chi connectivity index (χ0n) is 13.7. The number of anilines is 3. The number of nitrogens with zero attached hydrogens (tertiary/aromatic N) is 5. The molecule has 0 amide bonds. The quantitative estimate of drug-likeness (QED) is 0.454. The molecule has 0 spiro atoms.